The van der Waals surface area contributed by atoms with Crippen molar-refractivity contribution in [2.45, 2.75) is 6.42 Å². The van der Waals surface area contributed by atoms with E-state index in [0.717, 1.165) is 0 Å². The van der Waals surface area contributed by atoms with Gasteiger partial charge in [-0.05, 0) is 17.2 Å². The molecule has 0 saturated heterocycles. The minimum absolute atomic E-state index is 0.0565. The lowest BCUT2D eigenvalue weighted by atomic mass is 10.0. The van der Waals surface area contributed by atoms with Gasteiger partial charge in [0.25, 0.3) is 0 Å². The number of aromatic hydroxyl groups is 1. The zero-order chi connectivity index (χ0) is 20.4. The van der Waals surface area contributed by atoms with Crippen LogP contribution in [0.1, 0.15) is 5.56 Å². The Balaban J connectivity index is 1.77. The molecule has 3 rings (SSSR count). The van der Waals surface area contributed by atoms with Gasteiger partial charge in [0.2, 0.25) is 34.8 Å². The fourth-order valence-electron chi connectivity index (χ4n) is 2.51. The second-order valence-corrected chi connectivity index (χ2v) is 5.76. The van der Waals surface area contributed by atoms with Crippen molar-refractivity contribution in [1.29, 1.82) is 0 Å². The molecule has 28 heavy (non-hydrogen) atoms. The van der Waals surface area contributed by atoms with Crippen molar-refractivity contribution in [3.8, 4) is 22.6 Å². The monoisotopic (exact) mass is 394 g/mol. The zero-order valence-corrected chi connectivity index (χ0v) is 14.0. The van der Waals surface area contributed by atoms with Crippen LogP contribution in [0.15, 0.2) is 48.5 Å². The van der Waals surface area contributed by atoms with Crippen molar-refractivity contribution in [3.63, 3.8) is 0 Å². The van der Waals surface area contributed by atoms with Crippen LogP contribution in [0.2, 0.25) is 0 Å². The maximum atomic E-state index is 13.6. The molecule has 1 N–H and O–H groups in total. The second-order valence-electron chi connectivity index (χ2n) is 5.76. The van der Waals surface area contributed by atoms with E-state index in [4.69, 9.17) is 0 Å². The van der Waals surface area contributed by atoms with E-state index in [9.17, 15) is 31.9 Å². The van der Waals surface area contributed by atoms with Crippen LogP contribution in [0.5, 0.6) is 11.5 Å². The lowest BCUT2D eigenvalue weighted by molar-refractivity contribution is -0.134. The zero-order valence-electron chi connectivity index (χ0n) is 14.0. The average molecular weight is 394 g/mol. The summed E-state index contributed by atoms with van der Waals surface area (Å²) in [6.07, 6.45) is -0.472. The van der Waals surface area contributed by atoms with Crippen molar-refractivity contribution in [2.75, 3.05) is 0 Å². The molecule has 0 aliphatic heterocycles. The Labute approximate surface area is 155 Å². The third kappa shape index (κ3) is 3.66. The smallest absolute Gasteiger partial charge is 0.315 e. The highest BCUT2D eigenvalue weighted by Gasteiger charge is 2.28. The Hall–Kier alpha value is -3.42. The quantitative estimate of drug-likeness (QED) is 0.225. The Kier molecular flexibility index (Phi) is 5.30. The Morgan fingerprint density at radius 2 is 1.32 bits per heavy atom. The van der Waals surface area contributed by atoms with Crippen LogP contribution in [-0.4, -0.2) is 11.1 Å². The number of phenols is 1. The summed E-state index contributed by atoms with van der Waals surface area (Å²) in [4.78, 5) is 11.9. The van der Waals surface area contributed by atoms with Gasteiger partial charge in [-0.2, -0.15) is 8.78 Å². The number of hydrogen-bond acceptors (Lipinski definition) is 3. The third-order valence-corrected chi connectivity index (χ3v) is 3.90. The molecular formula is C20H11F5O3. The number of esters is 1. The van der Waals surface area contributed by atoms with Crippen LogP contribution in [-0.2, 0) is 11.2 Å². The number of carbonyl (C=O) groups excluding carboxylic acids is 1. The van der Waals surface area contributed by atoms with Gasteiger partial charge in [0, 0.05) is 5.56 Å². The summed E-state index contributed by atoms with van der Waals surface area (Å²) in [5, 5.41) is 9.83. The van der Waals surface area contributed by atoms with E-state index in [1.165, 1.54) is 18.2 Å². The van der Waals surface area contributed by atoms with Gasteiger partial charge >= 0.3 is 5.97 Å². The van der Waals surface area contributed by atoms with E-state index in [1.54, 1.807) is 30.3 Å². The number of hydrogen-bond donors (Lipinski definition) is 1. The van der Waals surface area contributed by atoms with E-state index in [0.29, 0.717) is 16.7 Å². The van der Waals surface area contributed by atoms with Crippen molar-refractivity contribution >= 4 is 5.97 Å². The lowest BCUT2D eigenvalue weighted by Crippen LogP contribution is -2.15. The first-order valence-corrected chi connectivity index (χ1v) is 7.89. The molecule has 0 atom stereocenters. The first kappa shape index (κ1) is 19.3. The highest BCUT2D eigenvalue weighted by Crippen LogP contribution is 2.30. The predicted molar refractivity (Wildman–Crippen MR) is 89.1 cm³/mol. The molecular weight excluding hydrogens is 383 g/mol. The molecule has 0 unspecified atom stereocenters. The van der Waals surface area contributed by atoms with Crippen molar-refractivity contribution in [2.24, 2.45) is 0 Å². The molecule has 0 aliphatic carbocycles. The highest BCUT2D eigenvalue weighted by atomic mass is 19.2. The van der Waals surface area contributed by atoms with Crippen LogP contribution < -0.4 is 4.74 Å². The maximum absolute atomic E-state index is 13.6. The number of benzene rings is 3. The molecule has 144 valence electrons. The summed E-state index contributed by atoms with van der Waals surface area (Å²) in [5.74, 6) is -14.0. The first-order valence-electron chi connectivity index (χ1n) is 7.89. The van der Waals surface area contributed by atoms with E-state index < -0.39 is 47.2 Å². The van der Waals surface area contributed by atoms with Crippen LogP contribution in [0, 0.1) is 29.1 Å². The van der Waals surface area contributed by atoms with Gasteiger partial charge in [-0.3, -0.25) is 4.79 Å². The normalized spacial score (nSPS) is 10.8. The van der Waals surface area contributed by atoms with Crippen LogP contribution in [0.4, 0.5) is 22.0 Å². The molecule has 3 aromatic rings. The third-order valence-electron chi connectivity index (χ3n) is 3.90. The molecule has 3 nitrogen and oxygen atoms in total. The topological polar surface area (TPSA) is 46.5 Å². The summed E-state index contributed by atoms with van der Waals surface area (Å²) in [6, 6.07) is 12.8. The maximum Gasteiger partial charge on any atom is 0.315 e. The van der Waals surface area contributed by atoms with Crippen LogP contribution in [0.3, 0.4) is 0 Å². The lowest BCUT2D eigenvalue weighted by Gasteiger charge is -2.09. The van der Waals surface area contributed by atoms with Crippen LogP contribution >= 0.6 is 0 Å². The number of phenolic OH excluding ortho intramolecular Hbond substituents is 1. The van der Waals surface area contributed by atoms with Gasteiger partial charge in [-0.25, -0.2) is 13.2 Å². The molecule has 0 spiro atoms. The summed E-state index contributed by atoms with van der Waals surface area (Å²) in [5.41, 5.74) is 1.57. The van der Waals surface area contributed by atoms with Gasteiger partial charge in [0.05, 0.1) is 6.42 Å². The van der Waals surface area contributed by atoms with Crippen molar-refractivity contribution in [1.82, 2.24) is 0 Å². The molecule has 0 aliphatic rings. The van der Waals surface area contributed by atoms with E-state index >= 15 is 0 Å². The first-order chi connectivity index (χ1) is 13.3. The minimum Gasteiger partial charge on any atom is -0.507 e. The Morgan fingerprint density at radius 3 is 1.89 bits per heavy atom. The Morgan fingerprint density at radius 1 is 0.786 bits per heavy atom. The van der Waals surface area contributed by atoms with Gasteiger partial charge < -0.3 is 9.84 Å². The number of halogens is 5. The summed E-state index contributed by atoms with van der Waals surface area (Å²) >= 11 is 0. The molecule has 0 amide bonds. The number of para-hydroxylation sites is 1. The molecule has 0 radical (unpaired) electrons. The summed E-state index contributed by atoms with van der Waals surface area (Å²) in [7, 11) is 0. The number of rotatable bonds is 4. The van der Waals surface area contributed by atoms with E-state index in [-0.39, 0.29) is 5.75 Å². The van der Waals surface area contributed by atoms with Gasteiger partial charge in [0.15, 0.2) is 0 Å². The van der Waals surface area contributed by atoms with Gasteiger partial charge in [-0.1, -0.05) is 42.5 Å². The highest BCUT2D eigenvalue weighted by molar-refractivity contribution is 5.76. The molecule has 0 bridgehead atoms. The fraction of sp³-hybridized carbons (Fsp3) is 0.0500. The Bertz CT molecular complexity index is 1020. The van der Waals surface area contributed by atoms with Gasteiger partial charge in [0.1, 0.15) is 5.75 Å². The molecule has 8 heteroatoms. The van der Waals surface area contributed by atoms with Gasteiger partial charge in [-0.15, -0.1) is 0 Å². The second kappa shape index (κ2) is 7.67. The van der Waals surface area contributed by atoms with Crippen molar-refractivity contribution in [3.05, 3.63) is 83.2 Å². The van der Waals surface area contributed by atoms with Crippen molar-refractivity contribution < 1.29 is 36.6 Å². The molecule has 0 fully saturated rings. The summed E-state index contributed by atoms with van der Waals surface area (Å²) in [6.45, 7) is 0. The molecule has 0 saturated carbocycles. The largest absolute Gasteiger partial charge is 0.507 e. The minimum atomic E-state index is -2.34. The SMILES string of the molecule is O=C(Cc1ccc(-c2ccccc2O)cc1)Oc1c(F)c(F)c(F)c(F)c1F. The fourth-order valence-corrected chi connectivity index (χ4v) is 2.51. The summed E-state index contributed by atoms with van der Waals surface area (Å²) < 4.78 is 70.8. The molecule has 0 aromatic heterocycles. The standard InChI is InChI=1S/C20H11F5O3/c21-15-16(22)18(24)20(19(25)17(15)23)28-14(27)9-10-5-7-11(8-6-10)12-3-1-2-4-13(12)26/h1-8,26H,9H2. The van der Waals surface area contributed by atoms with Crippen LogP contribution in [0.25, 0.3) is 11.1 Å². The van der Waals surface area contributed by atoms with E-state index in [2.05, 4.69) is 4.74 Å². The average Bonchev–Trinajstić information content (AvgIpc) is 2.69. The molecule has 0 heterocycles. The number of ether oxygens (including phenoxy) is 1. The number of carbonyl (C=O) groups is 1. The molecule has 3 aromatic carbocycles. The predicted octanol–water partition coefficient (Wildman–Crippen LogP) is 4.90. The van der Waals surface area contributed by atoms with E-state index in [1.807, 2.05) is 0 Å².